The van der Waals surface area contributed by atoms with Crippen molar-refractivity contribution in [3.05, 3.63) is 70.8 Å². The second-order valence-corrected chi connectivity index (χ2v) is 7.77. The van der Waals surface area contributed by atoms with E-state index in [1.165, 1.54) is 0 Å². The van der Waals surface area contributed by atoms with Crippen LogP contribution in [0, 0.1) is 13.8 Å². The maximum Gasteiger partial charge on any atom is 0.196 e. The number of nitrogens with zero attached hydrogens (tertiary/aromatic N) is 2. The predicted molar refractivity (Wildman–Crippen MR) is 116 cm³/mol. The first-order chi connectivity index (χ1) is 14.0. The minimum atomic E-state index is -0.0144. The highest BCUT2D eigenvalue weighted by Crippen LogP contribution is 2.46. The van der Waals surface area contributed by atoms with Crippen molar-refractivity contribution in [2.45, 2.75) is 13.8 Å². The molecule has 1 aromatic heterocycles. The number of fused-ring (bicyclic) bond motifs is 2. The van der Waals surface area contributed by atoms with E-state index < -0.39 is 0 Å². The van der Waals surface area contributed by atoms with Crippen molar-refractivity contribution in [3.63, 3.8) is 0 Å². The van der Waals surface area contributed by atoms with Crippen LogP contribution in [0.25, 0.3) is 22.2 Å². The van der Waals surface area contributed by atoms with Crippen LogP contribution in [-0.2, 0) is 0 Å². The zero-order valence-electron chi connectivity index (χ0n) is 16.8. The molecule has 1 N–H and O–H groups in total. The molecule has 0 amide bonds. The number of anilines is 3. The molecule has 4 aromatic rings. The molecular formula is C24H21N3O2. The Balaban J connectivity index is 1.83. The van der Waals surface area contributed by atoms with Gasteiger partial charge in [-0.2, -0.15) is 0 Å². The minimum absolute atomic E-state index is 0.0144. The molecule has 0 fully saturated rings. The first-order valence-corrected chi connectivity index (χ1v) is 9.58. The normalized spacial score (nSPS) is 12.2. The van der Waals surface area contributed by atoms with Gasteiger partial charge in [-0.15, -0.1) is 0 Å². The lowest BCUT2D eigenvalue weighted by molar-refractivity contribution is 0.104. The average Bonchev–Trinajstić information content (AvgIpc) is 3.14. The molecule has 1 aliphatic carbocycles. The van der Waals surface area contributed by atoms with Crippen molar-refractivity contribution >= 4 is 33.7 Å². The van der Waals surface area contributed by atoms with Crippen LogP contribution in [0.4, 0.5) is 17.1 Å². The van der Waals surface area contributed by atoms with Crippen LogP contribution in [0.15, 0.2) is 53.1 Å². The Hall–Kier alpha value is -3.60. The van der Waals surface area contributed by atoms with E-state index in [2.05, 4.69) is 42.5 Å². The fraction of sp³-hybridized carbons (Fsp3) is 0.167. The molecule has 0 unspecified atom stereocenters. The van der Waals surface area contributed by atoms with Crippen LogP contribution < -0.4 is 10.2 Å². The van der Waals surface area contributed by atoms with Gasteiger partial charge in [0.05, 0.1) is 22.3 Å². The first-order valence-electron chi connectivity index (χ1n) is 9.58. The van der Waals surface area contributed by atoms with Crippen molar-refractivity contribution < 1.29 is 9.32 Å². The third kappa shape index (κ3) is 2.54. The summed E-state index contributed by atoms with van der Waals surface area (Å²) in [5.41, 5.74) is 7.66. The van der Waals surface area contributed by atoms with Gasteiger partial charge < -0.3 is 14.7 Å². The van der Waals surface area contributed by atoms with Crippen LogP contribution in [0.5, 0.6) is 0 Å². The Morgan fingerprint density at radius 3 is 2.48 bits per heavy atom. The summed E-state index contributed by atoms with van der Waals surface area (Å²) in [6, 6.07) is 15.8. The predicted octanol–water partition coefficient (Wildman–Crippen LogP) is 5.47. The zero-order valence-corrected chi connectivity index (χ0v) is 16.8. The zero-order chi connectivity index (χ0) is 20.3. The van der Waals surface area contributed by atoms with Crippen LogP contribution in [0.1, 0.15) is 27.0 Å². The van der Waals surface area contributed by atoms with Gasteiger partial charge in [0, 0.05) is 30.9 Å². The lowest BCUT2D eigenvalue weighted by Gasteiger charge is -2.22. The van der Waals surface area contributed by atoms with E-state index in [-0.39, 0.29) is 5.78 Å². The number of rotatable bonds is 3. The van der Waals surface area contributed by atoms with Gasteiger partial charge >= 0.3 is 0 Å². The first kappa shape index (κ1) is 17.5. The molecule has 0 saturated carbocycles. The molecule has 0 spiro atoms. The summed E-state index contributed by atoms with van der Waals surface area (Å²) in [7, 11) is 3.93. The Bertz CT molecular complexity index is 1300. The van der Waals surface area contributed by atoms with Gasteiger partial charge in [-0.1, -0.05) is 41.6 Å². The van der Waals surface area contributed by atoms with Crippen molar-refractivity contribution in [3.8, 4) is 11.3 Å². The highest BCUT2D eigenvalue weighted by Gasteiger charge is 2.33. The number of hydrogen-bond donors (Lipinski definition) is 1. The van der Waals surface area contributed by atoms with Crippen molar-refractivity contribution in [2.24, 2.45) is 0 Å². The molecule has 144 valence electrons. The molecule has 5 heteroatoms. The van der Waals surface area contributed by atoms with E-state index in [9.17, 15) is 4.79 Å². The van der Waals surface area contributed by atoms with Gasteiger partial charge in [0.1, 0.15) is 5.52 Å². The van der Waals surface area contributed by atoms with Crippen molar-refractivity contribution in [1.82, 2.24) is 5.16 Å². The van der Waals surface area contributed by atoms with Crippen molar-refractivity contribution in [2.75, 3.05) is 24.3 Å². The number of carbonyl (C=O) groups excluding carboxylic acids is 1. The molecule has 0 bridgehead atoms. The topological polar surface area (TPSA) is 58.4 Å². The maximum absolute atomic E-state index is 13.5. The number of carbonyl (C=O) groups is 1. The molecule has 3 aromatic carbocycles. The molecule has 0 saturated heterocycles. The van der Waals surface area contributed by atoms with Crippen molar-refractivity contribution in [1.29, 1.82) is 0 Å². The van der Waals surface area contributed by atoms with Gasteiger partial charge in [-0.25, -0.2) is 0 Å². The second kappa shape index (κ2) is 6.21. The Kier molecular flexibility index (Phi) is 3.74. The molecule has 1 heterocycles. The fourth-order valence-electron chi connectivity index (χ4n) is 4.00. The van der Waals surface area contributed by atoms with Crippen LogP contribution >= 0.6 is 0 Å². The summed E-state index contributed by atoms with van der Waals surface area (Å²) in [6.45, 7) is 4.11. The van der Waals surface area contributed by atoms with Gasteiger partial charge in [-0.3, -0.25) is 4.79 Å². The maximum atomic E-state index is 13.5. The van der Waals surface area contributed by atoms with E-state index in [0.29, 0.717) is 22.4 Å². The van der Waals surface area contributed by atoms with E-state index in [0.717, 1.165) is 39.1 Å². The molecule has 0 atom stereocenters. The Morgan fingerprint density at radius 1 is 0.966 bits per heavy atom. The Labute approximate surface area is 168 Å². The summed E-state index contributed by atoms with van der Waals surface area (Å²) in [6.07, 6.45) is 0. The summed E-state index contributed by atoms with van der Waals surface area (Å²) in [5, 5.41) is 8.61. The fourth-order valence-corrected chi connectivity index (χ4v) is 4.00. The molecule has 0 radical (unpaired) electrons. The Morgan fingerprint density at radius 2 is 1.72 bits per heavy atom. The molecule has 5 nitrogen and oxygen atoms in total. The molecule has 5 rings (SSSR count). The van der Waals surface area contributed by atoms with E-state index in [4.69, 9.17) is 4.52 Å². The SMILES string of the molecule is Cc1ccc(C)c(Nc2cc(N(C)C)c3noc4c3c2C(=O)c2ccccc2-4)c1. The lowest BCUT2D eigenvalue weighted by Crippen LogP contribution is -2.15. The number of ketones is 1. The second-order valence-electron chi connectivity index (χ2n) is 7.77. The van der Waals surface area contributed by atoms with Gasteiger partial charge in [0.15, 0.2) is 11.5 Å². The highest BCUT2D eigenvalue weighted by molar-refractivity contribution is 6.28. The lowest BCUT2D eigenvalue weighted by atomic mass is 9.86. The summed E-state index contributed by atoms with van der Waals surface area (Å²) in [4.78, 5) is 15.5. The van der Waals surface area contributed by atoms with Crippen LogP contribution in [0.2, 0.25) is 0 Å². The third-order valence-electron chi connectivity index (χ3n) is 5.52. The number of aryl methyl sites for hydroxylation is 2. The number of nitrogens with one attached hydrogen (secondary N) is 1. The molecule has 0 aliphatic heterocycles. The van der Waals surface area contributed by atoms with Crippen LogP contribution in [0.3, 0.4) is 0 Å². The van der Waals surface area contributed by atoms with Gasteiger partial charge in [0.2, 0.25) is 0 Å². The summed E-state index contributed by atoms with van der Waals surface area (Å²) in [5.74, 6) is 0.636. The standard InChI is InChI=1S/C24H21N3O2/c1-13-9-10-14(2)17(11-13)25-18-12-19(27(3)4)22-21-20(18)23(28)15-7-5-6-8-16(15)24(21)29-26-22/h5-12,25H,1-4H3. The summed E-state index contributed by atoms with van der Waals surface area (Å²) < 4.78 is 5.75. The number of benzene rings is 3. The van der Waals surface area contributed by atoms with E-state index in [1.807, 2.05) is 49.3 Å². The highest BCUT2D eigenvalue weighted by atomic mass is 16.5. The quantitative estimate of drug-likeness (QED) is 0.448. The smallest absolute Gasteiger partial charge is 0.196 e. The monoisotopic (exact) mass is 383 g/mol. The van der Waals surface area contributed by atoms with Crippen LogP contribution in [-0.4, -0.2) is 25.0 Å². The molecule has 29 heavy (non-hydrogen) atoms. The minimum Gasteiger partial charge on any atom is -0.376 e. The average molecular weight is 383 g/mol. The van der Waals surface area contributed by atoms with Gasteiger partial charge in [0.25, 0.3) is 0 Å². The molecular weight excluding hydrogens is 362 g/mol. The third-order valence-corrected chi connectivity index (χ3v) is 5.52. The van der Waals surface area contributed by atoms with E-state index in [1.54, 1.807) is 0 Å². The van der Waals surface area contributed by atoms with E-state index >= 15 is 0 Å². The van der Waals surface area contributed by atoms with Gasteiger partial charge in [-0.05, 0) is 37.1 Å². The largest absolute Gasteiger partial charge is 0.376 e. The summed E-state index contributed by atoms with van der Waals surface area (Å²) >= 11 is 0. The number of aromatic nitrogens is 1. The number of hydrogen-bond acceptors (Lipinski definition) is 5. The molecule has 1 aliphatic rings.